The summed E-state index contributed by atoms with van der Waals surface area (Å²) in [5, 5.41) is 0. The van der Waals surface area contributed by atoms with Gasteiger partial charge in [-0.2, -0.15) is 0 Å². The van der Waals surface area contributed by atoms with Gasteiger partial charge in [0.2, 0.25) is 0 Å². The molecule has 2 aliphatic rings. The van der Waals surface area contributed by atoms with Crippen LogP contribution in [0.1, 0.15) is 88.2 Å². The van der Waals surface area contributed by atoms with Crippen molar-refractivity contribution in [2.75, 3.05) is 0 Å². The third kappa shape index (κ3) is 7.62. The summed E-state index contributed by atoms with van der Waals surface area (Å²) in [4.78, 5) is 0. The van der Waals surface area contributed by atoms with E-state index in [4.69, 9.17) is 4.74 Å². The first-order valence-corrected chi connectivity index (χ1v) is 13.1. The monoisotopic (exact) mass is 492 g/mol. The minimum atomic E-state index is -4.75. The van der Waals surface area contributed by atoms with Crippen molar-refractivity contribution in [3.8, 4) is 11.5 Å². The van der Waals surface area contributed by atoms with Crippen molar-refractivity contribution in [1.82, 2.24) is 0 Å². The Hall–Kier alpha value is -2.24. The molecule has 0 aliphatic heterocycles. The lowest BCUT2D eigenvalue weighted by Gasteiger charge is -2.38. The van der Waals surface area contributed by atoms with Gasteiger partial charge in [-0.25, -0.2) is 4.39 Å². The van der Waals surface area contributed by atoms with E-state index in [2.05, 4.69) is 11.7 Å². The summed E-state index contributed by atoms with van der Waals surface area (Å²) in [6, 6.07) is 10.5. The highest BCUT2D eigenvalue weighted by Gasteiger charge is 2.32. The molecule has 0 aromatic heterocycles. The van der Waals surface area contributed by atoms with Gasteiger partial charge >= 0.3 is 6.36 Å². The molecule has 2 fully saturated rings. The van der Waals surface area contributed by atoms with Gasteiger partial charge in [-0.05, 0) is 97.6 Å². The van der Waals surface area contributed by atoms with Crippen molar-refractivity contribution in [3.05, 3.63) is 59.4 Å². The summed E-state index contributed by atoms with van der Waals surface area (Å²) in [5.41, 5.74) is 1.48. The highest BCUT2D eigenvalue weighted by Crippen LogP contribution is 2.45. The van der Waals surface area contributed by atoms with Crippen molar-refractivity contribution in [3.63, 3.8) is 0 Å². The largest absolute Gasteiger partial charge is 0.573 e. The standard InChI is InChI=1S/C29H36F4O2/c1-2-4-20-7-9-22(10-8-20)23-11-13-24(14-12-23)25-16-26(30)18-28(17-25)34-19-21-5-3-6-27(15-21)35-29(31,32)33/h3,5-6,15-18,20,22-24H,2,4,7-14,19H2,1H3. The Morgan fingerprint density at radius 1 is 0.829 bits per heavy atom. The molecule has 0 amide bonds. The van der Waals surface area contributed by atoms with Crippen LogP contribution in [0.15, 0.2) is 42.5 Å². The second kappa shape index (κ2) is 11.7. The highest BCUT2D eigenvalue weighted by atomic mass is 19.4. The second-order valence-electron chi connectivity index (χ2n) is 10.4. The summed E-state index contributed by atoms with van der Waals surface area (Å²) in [5.74, 6) is 2.66. The van der Waals surface area contributed by atoms with Gasteiger partial charge in [0.1, 0.15) is 23.9 Å². The first kappa shape index (κ1) is 25.8. The Kier molecular flexibility index (Phi) is 8.61. The number of halogens is 4. The van der Waals surface area contributed by atoms with Crippen LogP contribution >= 0.6 is 0 Å². The van der Waals surface area contributed by atoms with E-state index in [1.165, 1.54) is 75.6 Å². The van der Waals surface area contributed by atoms with E-state index in [-0.39, 0.29) is 18.2 Å². The van der Waals surface area contributed by atoms with Gasteiger partial charge in [0.15, 0.2) is 0 Å². The van der Waals surface area contributed by atoms with Gasteiger partial charge in [0.25, 0.3) is 0 Å². The van der Waals surface area contributed by atoms with Crippen LogP contribution in [0.5, 0.6) is 11.5 Å². The number of ether oxygens (including phenoxy) is 2. The van der Waals surface area contributed by atoms with Gasteiger partial charge in [-0.15, -0.1) is 13.2 Å². The van der Waals surface area contributed by atoms with Crippen molar-refractivity contribution in [1.29, 1.82) is 0 Å². The summed E-state index contributed by atoms with van der Waals surface area (Å²) >= 11 is 0. The van der Waals surface area contributed by atoms with E-state index < -0.39 is 6.36 Å². The zero-order chi connectivity index (χ0) is 24.8. The van der Waals surface area contributed by atoms with Crippen LogP contribution in [0.2, 0.25) is 0 Å². The lowest BCUT2D eigenvalue weighted by Crippen LogP contribution is -2.25. The topological polar surface area (TPSA) is 18.5 Å². The maximum absolute atomic E-state index is 14.4. The van der Waals surface area contributed by atoms with Crippen LogP contribution in [0, 0.1) is 23.6 Å². The molecule has 0 atom stereocenters. The molecule has 0 saturated heterocycles. The fraction of sp³-hybridized carbons (Fsp3) is 0.586. The quantitative estimate of drug-likeness (QED) is 0.342. The fourth-order valence-corrected chi connectivity index (χ4v) is 6.18. The Balaban J connectivity index is 1.31. The van der Waals surface area contributed by atoms with Crippen LogP contribution < -0.4 is 9.47 Å². The Bertz CT molecular complexity index is 942. The zero-order valence-corrected chi connectivity index (χ0v) is 20.5. The third-order valence-corrected chi connectivity index (χ3v) is 7.93. The molecular weight excluding hydrogens is 456 g/mol. The van der Waals surface area contributed by atoms with Crippen molar-refractivity contribution < 1.29 is 27.0 Å². The van der Waals surface area contributed by atoms with Crippen LogP contribution in [-0.2, 0) is 6.61 Å². The van der Waals surface area contributed by atoms with E-state index >= 15 is 0 Å². The van der Waals surface area contributed by atoms with E-state index in [0.717, 1.165) is 36.2 Å². The molecule has 2 aromatic rings. The molecule has 0 spiro atoms. The molecular formula is C29H36F4O2. The number of hydrogen-bond acceptors (Lipinski definition) is 2. The zero-order valence-electron chi connectivity index (χ0n) is 20.5. The van der Waals surface area contributed by atoms with Crippen molar-refractivity contribution >= 4 is 0 Å². The Labute approximate surface area is 206 Å². The average Bonchev–Trinajstić information content (AvgIpc) is 2.82. The van der Waals surface area contributed by atoms with Gasteiger partial charge in [-0.3, -0.25) is 0 Å². The summed E-state index contributed by atoms with van der Waals surface area (Å²) in [6.45, 7) is 2.31. The number of rotatable bonds is 8. The normalized spacial score (nSPS) is 25.3. The van der Waals surface area contributed by atoms with E-state index in [1.54, 1.807) is 12.1 Å². The van der Waals surface area contributed by atoms with Gasteiger partial charge in [0.05, 0.1) is 0 Å². The maximum Gasteiger partial charge on any atom is 0.573 e. The van der Waals surface area contributed by atoms with Crippen LogP contribution in [0.3, 0.4) is 0 Å². The van der Waals surface area contributed by atoms with Gasteiger partial charge in [0, 0.05) is 6.07 Å². The van der Waals surface area contributed by atoms with Crippen LogP contribution in [0.4, 0.5) is 17.6 Å². The Morgan fingerprint density at radius 2 is 1.51 bits per heavy atom. The first-order chi connectivity index (χ1) is 16.8. The molecule has 0 unspecified atom stereocenters. The molecule has 35 heavy (non-hydrogen) atoms. The van der Waals surface area contributed by atoms with E-state index in [1.807, 2.05) is 6.07 Å². The maximum atomic E-state index is 14.4. The van der Waals surface area contributed by atoms with Gasteiger partial charge < -0.3 is 9.47 Å². The number of hydrogen-bond donors (Lipinski definition) is 0. The van der Waals surface area contributed by atoms with Crippen molar-refractivity contribution in [2.45, 2.75) is 90.0 Å². The Morgan fingerprint density at radius 3 is 2.17 bits per heavy atom. The number of benzene rings is 2. The minimum Gasteiger partial charge on any atom is -0.489 e. The molecule has 2 aliphatic carbocycles. The average molecular weight is 493 g/mol. The molecule has 2 aromatic carbocycles. The lowest BCUT2D eigenvalue weighted by molar-refractivity contribution is -0.274. The summed E-state index contributed by atoms with van der Waals surface area (Å²) in [7, 11) is 0. The smallest absolute Gasteiger partial charge is 0.489 e. The first-order valence-electron chi connectivity index (χ1n) is 13.1. The van der Waals surface area contributed by atoms with Crippen molar-refractivity contribution in [2.24, 2.45) is 17.8 Å². The molecule has 2 nitrogen and oxygen atoms in total. The van der Waals surface area contributed by atoms with Crippen LogP contribution in [-0.4, -0.2) is 6.36 Å². The summed E-state index contributed by atoms with van der Waals surface area (Å²) in [6.07, 6.45) is 7.96. The SMILES string of the molecule is CCCC1CCC(C2CCC(c3cc(F)cc(OCc4cccc(OC(F)(F)F)c4)c3)CC2)CC1. The van der Waals surface area contributed by atoms with E-state index in [0.29, 0.717) is 17.2 Å². The summed E-state index contributed by atoms with van der Waals surface area (Å²) < 4.78 is 61.5. The molecule has 0 radical (unpaired) electrons. The minimum absolute atomic E-state index is 0.0331. The molecule has 192 valence electrons. The van der Waals surface area contributed by atoms with E-state index in [9.17, 15) is 17.6 Å². The molecule has 2 saturated carbocycles. The lowest BCUT2D eigenvalue weighted by atomic mass is 9.68. The molecule has 0 heterocycles. The fourth-order valence-electron chi connectivity index (χ4n) is 6.18. The highest BCUT2D eigenvalue weighted by molar-refractivity contribution is 5.33. The molecule has 0 bridgehead atoms. The molecule has 6 heteroatoms. The second-order valence-corrected chi connectivity index (χ2v) is 10.4. The third-order valence-electron chi connectivity index (χ3n) is 7.93. The number of alkyl halides is 3. The predicted octanol–water partition coefficient (Wildman–Crippen LogP) is 9.18. The van der Waals surface area contributed by atoms with Gasteiger partial charge in [-0.1, -0.05) is 44.7 Å². The molecule has 4 rings (SSSR count). The molecule has 0 N–H and O–H groups in total. The van der Waals surface area contributed by atoms with Crippen LogP contribution in [0.25, 0.3) is 0 Å². The predicted molar refractivity (Wildman–Crippen MR) is 129 cm³/mol.